The number of carbonyl (C=O) groups is 2. The van der Waals surface area contributed by atoms with Crippen molar-refractivity contribution in [3.05, 3.63) is 38.9 Å². The summed E-state index contributed by atoms with van der Waals surface area (Å²) in [5, 5.41) is 11.5. The Balaban J connectivity index is 2.52. The van der Waals surface area contributed by atoms with Crippen LogP contribution < -0.4 is 5.32 Å². The van der Waals surface area contributed by atoms with Crippen LogP contribution in [-0.2, 0) is 9.59 Å². The minimum atomic E-state index is -1.11. The van der Waals surface area contributed by atoms with Crippen LogP contribution in [0.3, 0.4) is 0 Å². The first-order chi connectivity index (χ1) is 8.43. The Morgan fingerprint density at radius 1 is 1.28 bits per heavy atom. The lowest BCUT2D eigenvalue weighted by Crippen LogP contribution is -2.22. The highest BCUT2D eigenvalue weighted by Crippen LogP contribution is 2.37. The third-order valence-electron chi connectivity index (χ3n) is 2.61. The molecule has 0 saturated carbocycles. The standard InChI is InChI=1S/C10H6Cl2N2O4/c11-7-4(2-1-3-5(7)14(17)18)6-8(12)10(16)13-9(6)15/h1-3,6,8H,(H,13,15,16). The first-order valence-corrected chi connectivity index (χ1v) is 5.66. The minimum Gasteiger partial charge on any atom is -0.295 e. The second-order valence-corrected chi connectivity index (χ2v) is 4.52. The molecule has 2 atom stereocenters. The van der Waals surface area contributed by atoms with E-state index in [1.807, 2.05) is 0 Å². The van der Waals surface area contributed by atoms with Crippen LogP contribution in [0.15, 0.2) is 18.2 Å². The van der Waals surface area contributed by atoms with Gasteiger partial charge in [0, 0.05) is 6.07 Å². The molecule has 8 heteroatoms. The van der Waals surface area contributed by atoms with Crippen LogP contribution in [0, 0.1) is 10.1 Å². The summed E-state index contributed by atoms with van der Waals surface area (Å²) in [4.78, 5) is 32.9. The second kappa shape index (κ2) is 4.55. The molecule has 2 amide bonds. The molecule has 94 valence electrons. The molecule has 1 heterocycles. The Kier molecular flexibility index (Phi) is 3.23. The van der Waals surface area contributed by atoms with Gasteiger partial charge in [-0.05, 0) is 5.56 Å². The maximum absolute atomic E-state index is 11.6. The molecule has 1 saturated heterocycles. The number of rotatable bonds is 2. The molecule has 0 spiro atoms. The summed E-state index contributed by atoms with van der Waals surface area (Å²) in [5.41, 5.74) is -0.153. The van der Waals surface area contributed by atoms with E-state index < -0.39 is 28.0 Å². The van der Waals surface area contributed by atoms with Gasteiger partial charge in [0.1, 0.15) is 10.4 Å². The zero-order valence-corrected chi connectivity index (χ0v) is 10.2. The first-order valence-electron chi connectivity index (χ1n) is 4.85. The molecule has 0 aromatic heterocycles. The van der Waals surface area contributed by atoms with Crippen molar-refractivity contribution in [3.8, 4) is 0 Å². The molecule has 1 aliphatic rings. The number of nitrogens with zero attached hydrogens (tertiary/aromatic N) is 1. The summed E-state index contributed by atoms with van der Waals surface area (Å²) in [7, 11) is 0. The Labute approximate surface area is 111 Å². The average molecular weight is 289 g/mol. The molecule has 0 radical (unpaired) electrons. The zero-order chi connectivity index (χ0) is 13.4. The van der Waals surface area contributed by atoms with Gasteiger partial charge in [0.25, 0.3) is 5.69 Å². The Morgan fingerprint density at radius 2 is 1.94 bits per heavy atom. The summed E-state index contributed by atoms with van der Waals surface area (Å²) in [6.07, 6.45) is 0. The van der Waals surface area contributed by atoms with E-state index in [1.165, 1.54) is 18.2 Å². The van der Waals surface area contributed by atoms with Crippen LogP contribution in [0.25, 0.3) is 0 Å². The molecule has 18 heavy (non-hydrogen) atoms. The monoisotopic (exact) mass is 288 g/mol. The molecule has 6 nitrogen and oxygen atoms in total. The van der Waals surface area contributed by atoms with Gasteiger partial charge in [0.2, 0.25) is 11.8 Å². The van der Waals surface area contributed by atoms with Crippen molar-refractivity contribution in [2.75, 3.05) is 0 Å². The number of hydrogen-bond acceptors (Lipinski definition) is 4. The van der Waals surface area contributed by atoms with Gasteiger partial charge >= 0.3 is 0 Å². The largest absolute Gasteiger partial charge is 0.295 e. The number of carbonyl (C=O) groups excluding carboxylic acids is 2. The predicted molar refractivity (Wildman–Crippen MR) is 63.6 cm³/mol. The number of halogens is 2. The molecule has 0 aliphatic carbocycles. The first kappa shape index (κ1) is 12.8. The molecule has 2 unspecified atom stereocenters. The number of alkyl halides is 1. The van der Waals surface area contributed by atoms with E-state index in [-0.39, 0.29) is 16.3 Å². The van der Waals surface area contributed by atoms with E-state index in [1.54, 1.807) is 0 Å². The molecule has 1 aliphatic heterocycles. The highest BCUT2D eigenvalue weighted by molar-refractivity contribution is 6.38. The van der Waals surface area contributed by atoms with Crippen molar-refractivity contribution in [3.63, 3.8) is 0 Å². The highest BCUT2D eigenvalue weighted by Gasteiger charge is 2.43. The molecule has 2 rings (SSSR count). The van der Waals surface area contributed by atoms with Gasteiger partial charge < -0.3 is 0 Å². The Hall–Kier alpha value is -1.66. The lowest BCUT2D eigenvalue weighted by atomic mass is 9.96. The van der Waals surface area contributed by atoms with Crippen molar-refractivity contribution in [2.45, 2.75) is 11.3 Å². The number of nitro groups is 1. The van der Waals surface area contributed by atoms with Crippen LogP contribution in [0.5, 0.6) is 0 Å². The predicted octanol–water partition coefficient (Wildman–Crippen LogP) is 1.60. The minimum absolute atomic E-state index is 0.175. The third-order valence-corrected chi connectivity index (χ3v) is 3.47. The molecule has 1 N–H and O–H groups in total. The smallest absolute Gasteiger partial charge is 0.288 e. The van der Waals surface area contributed by atoms with Crippen molar-refractivity contribution >= 4 is 40.7 Å². The van der Waals surface area contributed by atoms with Crippen molar-refractivity contribution in [1.29, 1.82) is 0 Å². The molecular weight excluding hydrogens is 283 g/mol. The van der Waals surface area contributed by atoms with Gasteiger partial charge in [-0.1, -0.05) is 23.7 Å². The van der Waals surface area contributed by atoms with E-state index >= 15 is 0 Å². The van der Waals surface area contributed by atoms with Gasteiger partial charge in [-0.25, -0.2) is 0 Å². The van der Waals surface area contributed by atoms with E-state index in [4.69, 9.17) is 23.2 Å². The van der Waals surface area contributed by atoms with E-state index in [0.29, 0.717) is 0 Å². The summed E-state index contributed by atoms with van der Waals surface area (Å²) >= 11 is 11.7. The maximum atomic E-state index is 11.6. The molecule has 1 aromatic rings. The quantitative estimate of drug-likeness (QED) is 0.387. The van der Waals surface area contributed by atoms with Crippen LogP contribution in [-0.4, -0.2) is 22.1 Å². The number of hydrogen-bond donors (Lipinski definition) is 1. The zero-order valence-electron chi connectivity index (χ0n) is 8.72. The summed E-state index contributed by atoms with van der Waals surface area (Å²) in [6, 6.07) is 4.04. The SMILES string of the molecule is O=C1NC(=O)C(c2cccc([N+](=O)[O-])c2Cl)C1Cl. The van der Waals surface area contributed by atoms with Gasteiger partial charge in [-0.15, -0.1) is 11.6 Å². The maximum Gasteiger partial charge on any atom is 0.288 e. The highest BCUT2D eigenvalue weighted by atomic mass is 35.5. The van der Waals surface area contributed by atoms with Crippen molar-refractivity contribution in [2.24, 2.45) is 0 Å². The Morgan fingerprint density at radius 3 is 2.44 bits per heavy atom. The van der Waals surface area contributed by atoms with Gasteiger partial charge in [0.15, 0.2) is 0 Å². The van der Waals surface area contributed by atoms with E-state index in [9.17, 15) is 19.7 Å². The second-order valence-electron chi connectivity index (χ2n) is 3.67. The van der Waals surface area contributed by atoms with Crippen LogP contribution >= 0.6 is 23.2 Å². The van der Waals surface area contributed by atoms with Crippen LogP contribution in [0.2, 0.25) is 5.02 Å². The number of nitrogens with one attached hydrogen (secondary N) is 1. The van der Waals surface area contributed by atoms with Crippen LogP contribution in [0.4, 0.5) is 5.69 Å². The fourth-order valence-corrected chi connectivity index (χ4v) is 2.39. The molecule has 1 aromatic carbocycles. The normalized spacial score (nSPS) is 23.0. The lowest BCUT2D eigenvalue weighted by molar-refractivity contribution is -0.384. The van der Waals surface area contributed by atoms with Crippen molar-refractivity contribution in [1.82, 2.24) is 5.32 Å². The summed E-state index contributed by atoms with van der Waals surface area (Å²) in [5.74, 6) is -2.25. The van der Waals surface area contributed by atoms with E-state index in [0.717, 1.165) is 0 Å². The summed E-state index contributed by atoms with van der Waals surface area (Å²) < 4.78 is 0. The number of nitro benzene ring substituents is 1. The number of imide groups is 1. The average Bonchev–Trinajstić information content (AvgIpc) is 2.54. The molecule has 0 bridgehead atoms. The number of benzene rings is 1. The fourth-order valence-electron chi connectivity index (χ4n) is 1.77. The topological polar surface area (TPSA) is 89.3 Å². The van der Waals surface area contributed by atoms with E-state index in [2.05, 4.69) is 5.32 Å². The molecular formula is C10H6Cl2N2O4. The van der Waals surface area contributed by atoms with Gasteiger partial charge in [0.05, 0.1) is 10.8 Å². The third kappa shape index (κ3) is 1.93. The summed E-state index contributed by atoms with van der Waals surface area (Å²) in [6.45, 7) is 0. The number of amides is 2. The Bertz CT molecular complexity index is 561. The fraction of sp³-hybridized carbons (Fsp3) is 0.200. The van der Waals surface area contributed by atoms with Gasteiger partial charge in [-0.3, -0.25) is 25.0 Å². The van der Waals surface area contributed by atoms with Crippen molar-refractivity contribution < 1.29 is 14.5 Å². The lowest BCUT2D eigenvalue weighted by Gasteiger charge is -2.11. The van der Waals surface area contributed by atoms with Gasteiger partial charge in [-0.2, -0.15) is 0 Å². The van der Waals surface area contributed by atoms with Crippen LogP contribution in [0.1, 0.15) is 11.5 Å². The molecule has 1 fully saturated rings.